The molecule has 42 heavy (non-hydrogen) atoms. The van der Waals surface area contributed by atoms with E-state index in [0.717, 1.165) is 36.6 Å². The lowest BCUT2D eigenvalue weighted by Gasteiger charge is -2.35. The highest BCUT2D eigenvalue weighted by Gasteiger charge is 2.44. The number of benzene rings is 3. The summed E-state index contributed by atoms with van der Waals surface area (Å²) in [6.07, 6.45) is 3.16. The number of nitrogens with zero attached hydrogens (tertiary/aromatic N) is 4. The zero-order chi connectivity index (χ0) is 29.2. The van der Waals surface area contributed by atoms with Gasteiger partial charge in [0.2, 0.25) is 0 Å². The van der Waals surface area contributed by atoms with Gasteiger partial charge in [0.05, 0.1) is 23.8 Å². The SMILES string of the molecule is COC1CC2CN(c3nc(OCC4(CN(C)C)CC4)nc4c(F)c(-c5cc(O)cc6ccccc56)c(Cl)cc34)CC1N2. The fourth-order valence-electron chi connectivity index (χ4n) is 6.86. The molecule has 0 spiro atoms. The van der Waals surface area contributed by atoms with Gasteiger partial charge in [0, 0.05) is 49.2 Å². The van der Waals surface area contributed by atoms with Gasteiger partial charge in [0.1, 0.15) is 17.1 Å². The normalized spacial score (nSPS) is 22.8. The number of nitrogens with one attached hydrogen (secondary N) is 1. The lowest BCUT2D eigenvalue weighted by Crippen LogP contribution is -2.53. The van der Waals surface area contributed by atoms with Gasteiger partial charge in [-0.2, -0.15) is 9.97 Å². The van der Waals surface area contributed by atoms with E-state index in [4.69, 9.17) is 26.1 Å². The molecule has 4 aromatic rings. The lowest BCUT2D eigenvalue weighted by molar-refractivity contribution is 0.0947. The fraction of sp³-hybridized carbons (Fsp3) is 0.438. The highest BCUT2D eigenvalue weighted by molar-refractivity contribution is 6.35. The summed E-state index contributed by atoms with van der Waals surface area (Å²) < 4.78 is 28.8. The highest BCUT2D eigenvalue weighted by Crippen LogP contribution is 2.47. The Hall–Kier alpha value is -3.24. The van der Waals surface area contributed by atoms with Crippen LogP contribution in [0.15, 0.2) is 42.5 Å². The van der Waals surface area contributed by atoms with Crippen LogP contribution in [0.1, 0.15) is 19.3 Å². The number of phenols is 1. The van der Waals surface area contributed by atoms with Crippen LogP contribution in [0.3, 0.4) is 0 Å². The molecule has 3 fully saturated rings. The number of methoxy groups -OCH3 is 1. The third-order valence-corrected chi connectivity index (χ3v) is 9.25. The third-order valence-electron chi connectivity index (χ3n) is 8.95. The number of ether oxygens (including phenoxy) is 2. The number of aromatic nitrogens is 2. The van der Waals surface area contributed by atoms with Crippen molar-refractivity contribution in [2.45, 2.75) is 37.5 Å². The van der Waals surface area contributed by atoms with E-state index in [0.29, 0.717) is 36.5 Å². The van der Waals surface area contributed by atoms with Crippen LogP contribution in [-0.2, 0) is 4.74 Å². The molecule has 0 amide bonds. The van der Waals surface area contributed by atoms with Crippen LogP contribution in [-0.4, -0.2) is 85.6 Å². The monoisotopic (exact) mass is 591 g/mol. The summed E-state index contributed by atoms with van der Waals surface area (Å²) in [6, 6.07) is 13.0. The standard InChI is InChI=1S/C32H35ClFN5O3/c1-38(2)16-32(8-9-32)17-42-31-36-29-23(30(37-31)39-14-19-11-26(41-3)25(15-39)35-19)13-24(33)27(28(29)34)22-12-20(40)10-18-6-4-5-7-21(18)22/h4-7,10,12-13,19,25-26,35,40H,8-9,11,14-17H2,1-3H3. The van der Waals surface area contributed by atoms with Gasteiger partial charge in [-0.1, -0.05) is 35.9 Å². The molecule has 10 heteroatoms. The summed E-state index contributed by atoms with van der Waals surface area (Å²) >= 11 is 6.88. The summed E-state index contributed by atoms with van der Waals surface area (Å²) in [5.41, 5.74) is 0.904. The fourth-order valence-corrected chi connectivity index (χ4v) is 7.15. The molecule has 2 N–H and O–H groups in total. The van der Waals surface area contributed by atoms with E-state index in [1.54, 1.807) is 25.3 Å². The van der Waals surface area contributed by atoms with Crippen LogP contribution in [0.5, 0.6) is 11.8 Å². The van der Waals surface area contributed by atoms with E-state index in [1.165, 1.54) is 0 Å². The van der Waals surface area contributed by atoms with Gasteiger partial charge >= 0.3 is 6.01 Å². The molecule has 2 saturated heterocycles. The third kappa shape index (κ3) is 4.92. The smallest absolute Gasteiger partial charge is 0.319 e. The van der Waals surface area contributed by atoms with Crippen molar-refractivity contribution >= 4 is 39.1 Å². The molecule has 2 aliphatic heterocycles. The second kappa shape index (κ2) is 10.5. The van der Waals surface area contributed by atoms with Gasteiger partial charge in [0.25, 0.3) is 0 Å². The van der Waals surface area contributed by atoms with Gasteiger partial charge in [-0.05, 0) is 67.9 Å². The molecule has 1 saturated carbocycles. The molecular weight excluding hydrogens is 557 g/mol. The number of rotatable bonds is 8. The molecule has 3 aliphatic rings. The zero-order valence-corrected chi connectivity index (χ0v) is 24.8. The second-order valence-corrected chi connectivity index (χ2v) is 12.8. The first-order valence-electron chi connectivity index (χ1n) is 14.5. The van der Waals surface area contributed by atoms with Gasteiger partial charge in [-0.3, -0.25) is 0 Å². The first-order chi connectivity index (χ1) is 20.2. The van der Waals surface area contributed by atoms with Crippen molar-refractivity contribution in [3.8, 4) is 22.9 Å². The molecule has 3 atom stereocenters. The van der Waals surface area contributed by atoms with Crippen molar-refractivity contribution in [3.05, 3.63) is 53.3 Å². The van der Waals surface area contributed by atoms with Crippen molar-refractivity contribution in [1.29, 1.82) is 0 Å². The predicted molar refractivity (Wildman–Crippen MR) is 163 cm³/mol. The van der Waals surface area contributed by atoms with Crippen molar-refractivity contribution in [1.82, 2.24) is 20.2 Å². The number of piperazine rings is 1. The highest BCUT2D eigenvalue weighted by atomic mass is 35.5. The van der Waals surface area contributed by atoms with Crippen LogP contribution in [0, 0.1) is 11.2 Å². The molecule has 2 bridgehead atoms. The first kappa shape index (κ1) is 27.6. The Morgan fingerprint density at radius 2 is 1.95 bits per heavy atom. The maximum absolute atomic E-state index is 16.8. The molecule has 7 rings (SSSR count). The van der Waals surface area contributed by atoms with Gasteiger partial charge in [-0.15, -0.1) is 0 Å². The molecule has 1 aromatic heterocycles. The summed E-state index contributed by atoms with van der Waals surface area (Å²) in [5, 5.41) is 16.5. The summed E-state index contributed by atoms with van der Waals surface area (Å²) in [5.74, 6) is 0.0733. The van der Waals surface area contributed by atoms with E-state index < -0.39 is 5.82 Å². The van der Waals surface area contributed by atoms with Gasteiger partial charge < -0.3 is 29.7 Å². The minimum atomic E-state index is -0.566. The van der Waals surface area contributed by atoms with Crippen molar-refractivity contribution in [2.75, 3.05) is 52.3 Å². The molecule has 220 valence electrons. The molecule has 3 unspecified atom stereocenters. The van der Waals surface area contributed by atoms with Gasteiger partial charge in [-0.25, -0.2) is 4.39 Å². The maximum Gasteiger partial charge on any atom is 0.319 e. The number of halogens is 2. The average molecular weight is 592 g/mol. The predicted octanol–water partition coefficient (Wildman–Crippen LogP) is 5.23. The number of fused-ring (bicyclic) bond motifs is 4. The van der Waals surface area contributed by atoms with E-state index >= 15 is 4.39 Å². The summed E-state index contributed by atoms with van der Waals surface area (Å²) in [6.45, 7) is 2.73. The van der Waals surface area contributed by atoms with E-state index in [9.17, 15) is 5.11 Å². The zero-order valence-electron chi connectivity index (χ0n) is 24.0. The largest absolute Gasteiger partial charge is 0.508 e. The lowest BCUT2D eigenvalue weighted by atomic mass is 9.96. The Balaban J connectivity index is 1.37. The van der Waals surface area contributed by atoms with Crippen LogP contribution in [0.2, 0.25) is 5.02 Å². The Kier molecular flexibility index (Phi) is 6.89. The number of anilines is 1. The van der Waals surface area contributed by atoms with Crippen LogP contribution >= 0.6 is 11.6 Å². The minimum Gasteiger partial charge on any atom is -0.508 e. The Morgan fingerprint density at radius 1 is 1.14 bits per heavy atom. The van der Waals surface area contributed by atoms with Gasteiger partial charge in [0.15, 0.2) is 5.82 Å². The maximum atomic E-state index is 16.8. The average Bonchev–Trinajstić information content (AvgIpc) is 3.66. The molecular formula is C32H35ClFN5O3. The quantitative estimate of drug-likeness (QED) is 0.288. The summed E-state index contributed by atoms with van der Waals surface area (Å²) in [7, 11) is 5.86. The Morgan fingerprint density at radius 3 is 2.71 bits per heavy atom. The molecule has 1 aliphatic carbocycles. The molecule has 3 aromatic carbocycles. The van der Waals surface area contributed by atoms with Crippen molar-refractivity contribution < 1.29 is 19.0 Å². The van der Waals surface area contributed by atoms with E-state index in [2.05, 4.69) is 34.2 Å². The van der Waals surface area contributed by atoms with E-state index in [-0.39, 0.29) is 51.5 Å². The molecule has 8 nitrogen and oxygen atoms in total. The van der Waals surface area contributed by atoms with Crippen LogP contribution < -0.4 is 15.0 Å². The van der Waals surface area contributed by atoms with Crippen molar-refractivity contribution in [2.24, 2.45) is 5.41 Å². The topological polar surface area (TPSA) is 83.0 Å². The molecule has 3 heterocycles. The second-order valence-electron chi connectivity index (χ2n) is 12.4. The summed E-state index contributed by atoms with van der Waals surface area (Å²) in [4.78, 5) is 13.9. The Labute approximate surface area is 249 Å². The Bertz CT molecular complexity index is 1680. The minimum absolute atomic E-state index is 0.0336. The van der Waals surface area contributed by atoms with Crippen LogP contribution in [0.4, 0.5) is 10.2 Å². The number of phenolic OH excluding ortho intramolecular Hbond substituents is 1. The van der Waals surface area contributed by atoms with E-state index in [1.807, 2.05) is 24.3 Å². The van der Waals surface area contributed by atoms with Crippen LogP contribution in [0.25, 0.3) is 32.8 Å². The molecule has 0 radical (unpaired) electrons. The number of hydrogen-bond donors (Lipinski definition) is 2. The first-order valence-corrected chi connectivity index (χ1v) is 14.8. The van der Waals surface area contributed by atoms with Crippen molar-refractivity contribution in [3.63, 3.8) is 0 Å². The number of hydrogen-bond acceptors (Lipinski definition) is 8. The number of aromatic hydroxyl groups is 1.